The number of hydrogen-bond donors (Lipinski definition) is 0. The Bertz CT molecular complexity index is 297. The quantitative estimate of drug-likeness (QED) is 0.780. The number of aromatic nitrogens is 2. The van der Waals surface area contributed by atoms with Gasteiger partial charge in [0.15, 0.2) is 0 Å². The Labute approximate surface area is 99.0 Å². The van der Waals surface area contributed by atoms with Gasteiger partial charge in [-0.3, -0.25) is 4.68 Å². The van der Waals surface area contributed by atoms with Crippen LogP contribution < -0.4 is 0 Å². The maximum Gasteiger partial charge on any atom is 0.0758 e. The van der Waals surface area contributed by atoms with Crippen LogP contribution in [0.15, 0.2) is 0 Å². The highest BCUT2D eigenvalue weighted by Crippen LogP contribution is 2.18. The van der Waals surface area contributed by atoms with Crippen LogP contribution in [0.2, 0.25) is 0 Å². The van der Waals surface area contributed by atoms with Gasteiger partial charge in [-0.2, -0.15) is 5.10 Å². The Morgan fingerprint density at radius 1 is 1.36 bits per heavy atom. The maximum absolute atomic E-state index is 5.06. The lowest BCUT2D eigenvalue weighted by Crippen LogP contribution is -2.09. The lowest BCUT2D eigenvalue weighted by Gasteiger charge is -2.04. The van der Waals surface area contributed by atoms with E-state index in [0.717, 1.165) is 26.0 Å². The van der Waals surface area contributed by atoms with Crippen molar-refractivity contribution in [3.8, 4) is 0 Å². The number of aryl methyl sites for hydroxylation is 1. The van der Waals surface area contributed by atoms with Gasteiger partial charge in [0.05, 0.1) is 28.1 Å². The molecule has 0 amide bonds. The Balaban J connectivity index is 2.90. The molecule has 14 heavy (non-hydrogen) atoms. The van der Waals surface area contributed by atoms with Crippen molar-refractivity contribution in [2.75, 3.05) is 13.7 Å². The van der Waals surface area contributed by atoms with E-state index in [9.17, 15) is 0 Å². The molecule has 1 rings (SSSR count). The van der Waals surface area contributed by atoms with E-state index >= 15 is 0 Å². The van der Waals surface area contributed by atoms with Crippen molar-refractivity contribution in [2.24, 2.45) is 0 Å². The SMILES string of the molecule is CCc1nn(CCOC)c(CC)c1I. The molecular formula is C10H17IN2O. The predicted octanol–water partition coefficient (Wildman–Crippen LogP) is 2.26. The van der Waals surface area contributed by atoms with E-state index in [1.54, 1.807) is 7.11 Å². The minimum atomic E-state index is 0.730. The largest absolute Gasteiger partial charge is 0.383 e. The molecule has 0 aliphatic carbocycles. The van der Waals surface area contributed by atoms with Crippen LogP contribution >= 0.6 is 22.6 Å². The number of methoxy groups -OCH3 is 1. The summed E-state index contributed by atoms with van der Waals surface area (Å²) < 4.78 is 8.46. The first-order chi connectivity index (χ1) is 6.74. The van der Waals surface area contributed by atoms with Crippen LogP contribution in [0.25, 0.3) is 0 Å². The van der Waals surface area contributed by atoms with Crippen molar-refractivity contribution < 1.29 is 4.74 Å². The van der Waals surface area contributed by atoms with Crippen LogP contribution in [0.4, 0.5) is 0 Å². The summed E-state index contributed by atoms with van der Waals surface area (Å²) in [4.78, 5) is 0. The zero-order valence-electron chi connectivity index (χ0n) is 9.01. The molecule has 0 aliphatic heterocycles. The van der Waals surface area contributed by atoms with Crippen molar-refractivity contribution in [2.45, 2.75) is 33.2 Å². The third-order valence-corrected chi connectivity index (χ3v) is 3.48. The van der Waals surface area contributed by atoms with Gasteiger partial charge in [0.2, 0.25) is 0 Å². The second kappa shape index (κ2) is 5.70. The van der Waals surface area contributed by atoms with E-state index < -0.39 is 0 Å². The monoisotopic (exact) mass is 308 g/mol. The summed E-state index contributed by atoms with van der Waals surface area (Å²) >= 11 is 2.39. The lowest BCUT2D eigenvalue weighted by molar-refractivity contribution is 0.182. The molecule has 4 heteroatoms. The van der Waals surface area contributed by atoms with Gasteiger partial charge in [0, 0.05) is 7.11 Å². The minimum absolute atomic E-state index is 0.730. The molecule has 0 saturated heterocycles. The van der Waals surface area contributed by atoms with Crippen LogP contribution in [0, 0.1) is 3.57 Å². The summed E-state index contributed by atoms with van der Waals surface area (Å²) in [6.45, 7) is 5.90. The normalized spacial score (nSPS) is 10.9. The fraction of sp³-hybridized carbons (Fsp3) is 0.700. The fourth-order valence-corrected chi connectivity index (χ4v) is 2.61. The first-order valence-electron chi connectivity index (χ1n) is 4.97. The second-order valence-electron chi connectivity index (χ2n) is 3.13. The third kappa shape index (κ3) is 2.48. The topological polar surface area (TPSA) is 27.1 Å². The molecule has 80 valence electrons. The minimum Gasteiger partial charge on any atom is -0.383 e. The number of rotatable bonds is 5. The summed E-state index contributed by atoms with van der Waals surface area (Å²) in [7, 11) is 1.72. The molecule has 0 spiro atoms. The number of hydrogen-bond acceptors (Lipinski definition) is 2. The average molecular weight is 308 g/mol. The molecule has 1 heterocycles. The van der Waals surface area contributed by atoms with E-state index in [4.69, 9.17) is 4.74 Å². The van der Waals surface area contributed by atoms with Crippen LogP contribution in [-0.2, 0) is 24.1 Å². The molecule has 0 aromatic carbocycles. The number of nitrogens with zero attached hydrogens (tertiary/aromatic N) is 2. The molecule has 0 bridgehead atoms. The summed E-state index contributed by atoms with van der Waals surface area (Å²) in [6, 6.07) is 0. The average Bonchev–Trinajstić information content (AvgIpc) is 2.51. The zero-order chi connectivity index (χ0) is 10.6. The highest BCUT2D eigenvalue weighted by atomic mass is 127. The van der Waals surface area contributed by atoms with E-state index in [2.05, 4.69) is 46.2 Å². The highest BCUT2D eigenvalue weighted by molar-refractivity contribution is 14.1. The molecule has 0 N–H and O–H groups in total. The smallest absolute Gasteiger partial charge is 0.0758 e. The van der Waals surface area contributed by atoms with Crippen molar-refractivity contribution >= 4 is 22.6 Å². The van der Waals surface area contributed by atoms with Crippen LogP contribution in [0.3, 0.4) is 0 Å². The van der Waals surface area contributed by atoms with Crippen LogP contribution in [0.1, 0.15) is 25.2 Å². The molecule has 0 aliphatic rings. The maximum atomic E-state index is 5.06. The van der Waals surface area contributed by atoms with E-state index in [0.29, 0.717) is 0 Å². The van der Waals surface area contributed by atoms with Gasteiger partial charge in [-0.05, 0) is 35.4 Å². The van der Waals surface area contributed by atoms with Crippen LogP contribution in [0.5, 0.6) is 0 Å². The van der Waals surface area contributed by atoms with E-state index in [1.165, 1.54) is 15.0 Å². The molecule has 3 nitrogen and oxygen atoms in total. The van der Waals surface area contributed by atoms with E-state index in [1.807, 2.05) is 0 Å². The zero-order valence-corrected chi connectivity index (χ0v) is 11.2. The summed E-state index contributed by atoms with van der Waals surface area (Å²) in [5.41, 5.74) is 2.54. The van der Waals surface area contributed by atoms with Gasteiger partial charge < -0.3 is 4.74 Å². The Morgan fingerprint density at radius 2 is 2.07 bits per heavy atom. The van der Waals surface area contributed by atoms with Crippen molar-refractivity contribution in [1.82, 2.24) is 9.78 Å². The first-order valence-corrected chi connectivity index (χ1v) is 6.05. The predicted molar refractivity (Wildman–Crippen MR) is 65.6 cm³/mol. The first kappa shape index (κ1) is 12.0. The van der Waals surface area contributed by atoms with E-state index in [-0.39, 0.29) is 0 Å². The number of halogens is 1. The molecule has 1 aromatic rings. The Hall–Kier alpha value is -0.100. The molecular weight excluding hydrogens is 291 g/mol. The van der Waals surface area contributed by atoms with Crippen molar-refractivity contribution in [1.29, 1.82) is 0 Å². The van der Waals surface area contributed by atoms with Gasteiger partial charge in [-0.1, -0.05) is 13.8 Å². The molecule has 0 fully saturated rings. The summed E-state index contributed by atoms with van der Waals surface area (Å²) in [6.07, 6.45) is 2.04. The molecule has 0 radical (unpaired) electrons. The lowest BCUT2D eigenvalue weighted by atomic mass is 10.2. The number of ether oxygens (including phenoxy) is 1. The standard InChI is InChI=1S/C10H17IN2O/c1-4-8-10(11)9(5-2)13(12-8)6-7-14-3/h4-7H2,1-3H3. The van der Waals surface area contributed by atoms with Crippen LogP contribution in [-0.4, -0.2) is 23.5 Å². The van der Waals surface area contributed by atoms with Gasteiger partial charge in [0.25, 0.3) is 0 Å². The van der Waals surface area contributed by atoms with Gasteiger partial charge in [-0.25, -0.2) is 0 Å². The van der Waals surface area contributed by atoms with Gasteiger partial charge >= 0.3 is 0 Å². The Kier molecular flexibility index (Phi) is 4.88. The molecule has 1 aromatic heterocycles. The highest BCUT2D eigenvalue weighted by Gasteiger charge is 2.12. The molecule has 0 saturated carbocycles. The second-order valence-corrected chi connectivity index (χ2v) is 4.21. The molecule has 0 atom stereocenters. The van der Waals surface area contributed by atoms with Gasteiger partial charge in [-0.15, -0.1) is 0 Å². The summed E-state index contributed by atoms with van der Waals surface area (Å²) in [5, 5.41) is 4.57. The van der Waals surface area contributed by atoms with Crippen molar-refractivity contribution in [3.05, 3.63) is 15.0 Å². The van der Waals surface area contributed by atoms with Crippen molar-refractivity contribution in [3.63, 3.8) is 0 Å². The van der Waals surface area contributed by atoms with Gasteiger partial charge in [0.1, 0.15) is 0 Å². The fourth-order valence-electron chi connectivity index (χ4n) is 1.46. The third-order valence-electron chi connectivity index (χ3n) is 2.24. The molecule has 0 unspecified atom stereocenters. The summed E-state index contributed by atoms with van der Waals surface area (Å²) in [5.74, 6) is 0. The Morgan fingerprint density at radius 3 is 2.57 bits per heavy atom.